The highest BCUT2D eigenvalue weighted by Crippen LogP contribution is 2.55. The summed E-state index contributed by atoms with van der Waals surface area (Å²) < 4.78 is 0. The monoisotopic (exact) mass is 250 g/mol. The molecule has 3 heteroatoms. The molecule has 4 fully saturated rings. The normalized spacial score (nSPS) is 44.7. The van der Waals surface area contributed by atoms with Crippen LogP contribution in [0, 0.1) is 17.8 Å². The zero-order chi connectivity index (χ0) is 13.0. The molecule has 4 aliphatic rings. The van der Waals surface area contributed by atoms with Crippen molar-refractivity contribution in [1.82, 2.24) is 5.32 Å². The molecule has 0 spiro atoms. The number of nitrogens with one attached hydrogen (secondary N) is 1. The largest absolute Gasteiger partial charge is 0.349 e. The molecule has 4 bridgehead atoms. The lowest BCUT2D eigenvalue weighted by Crippen LogP contribution is -2.64. The molecule has 0 aliphatic heterocycles. The van der Waals surface area contributed by atoms with E-state index in [2.05, 4.69) is 5.32 Å². The van der Waals surface area contributed by atoms with Crippen LogP contribution in [0.5, 0.6) is 0 Å². The third-order valence-corrected chi connectivity index (χ3v) is 5.67. The zero-order valence-corrected chi connectivity index (χ0v) is 11.7. The summed E-state index contributed by atoms with van der Waals surface area (Å²) in [5, 5.41) is 3.35. The van der Waals surface area contributed by atoms with Crippen molar-refractivity contribution in [3.05, 3.63) is 0 Å². The topological polar surface area (TPSA) is 55.1 Å². The van der Waals surface area contributed by atoms with Crippen LogP contribution in [0.15, 0.2) is 0 Å². The summed E-state index contributed by atoms with van der Waals surface area (Å²) in [4.78, 5) is 12.3. The average molecular weight is 250 g/mol. The van der Waals surface area contributed by atoms with Crippen LogP contribution in [0.1, 0.15) is 58.8 Å². The zero-order valence-electron chi connectivity index (χ0n) is 11.7. The van der Waals surface area contributed by atoms with Crippen LogP contribution >= 0.6 is 0 Å². The predicted octanol–water partition coefficient (Wildman–Crippen LogP) is 2.20. The van der Waals surface area contributed by atoms with E-state index in [4.69, 9.17) is 5.73 Å². The van der Waals surface area contributed by atoms with Gasteiger partial charge >= 0.3 is 0 Å². The Kier molecular flexibility index (Phi) is 2.74. The maximum Gasteiger partial charge on any atom is 0.240 e. The van der Waals surface area contributed by atoms with Crippen molar-refractivity contribution < 1.29 is 4.79 Å². The van der Waals surface area contributed by atoms with E-state index >= 15 is 0 Å². The Balaban J connectivity index is 1.74. The highest BCUT2D eigenvalue weighted by molar-refractivity contribution is 5.86. The van der Waals surface area contributed by atoms with Crippen LogP contribution in [0.2, 0.25) is 0 Å². The number of carbonyl (C=O) groups excluding carboxylic acids is 1. The smallest absolute Gasteiger partial charge is 0.240 e. The molecular formula is C15H26N2O. The molecule has 0 aromatic carbocycles. The van der Waals surface area contributed by atoms with Gasteiger partial charge in [-0.3, -0.25) is 4.79 Å². The maximum absolute atomic E-state index is 12.3. The fourth-order valence-electron chi connectivity index (χ4n) is 4.81. The highest BCUT2D eigenvalue weighted by atomic mass is 16.2. The van der Waals surface area contributed by atoms with E-state index in [9.17, 15) is 4.79 Å². The van der Waals surface area contributed by atoms with Crippen LogP contribution in [-0.2, 0) is 4.79 Å². The molecule has 0 aromatic heterocycles. The summed E-state index contributed by atoms with van der Waals surface area (Å²) in [6, 6.07) is 0. The van der Waals surface area contributed by atoms with E-state index in [1.807, 2.05) is 13.8 Å². The number of carbonyl (C=O) groups is 1. The Morgan fingerprint density at radius 3 is 2.06 bits per heavy atom. The quantitative estimate of drug-likeness (QED) is 0.807. The van der Waals surface area contributed by atoms with Crippen LogP contribution in [0.25, 0.3) is 0 Å². The van der Waals surface area contributed by atoms with E-state index in [0.29, 0.717) is 6.42 Å². The second-order valence-electron chi connectivity index (χ2n) is 7.42. The van der Waals surface area contributed by atoms with Crippen molar-refractivity contribution in [1.29, 1.82) is 0 Å². The van der Waals surface area contributed by atoms with Gasteiger partial charge in [0.15, 0.2) is 0 Å². The minimum absolute atomic E-state index is 0.0620. The van der Waals surface area contributed by atoms with Gasteiger partial charge in [-0.25, -0.2) is 0 Å². The molecule has 0 aromatic rings. The summed E-state index contributed by atoms with van der Waals surface area (Å²) in [5.41, 5.74) is 5.47. The van der Waals surface area contributed by atoms with Crippen molar-refractivity contribution in [3.63, 3.8) is 0 Å². The molecule has 1 atom stereocenters. The van der Waals surface area contributed by atoms with Crippen molar-refractivity contribution >= 4 is 5.91 Å². The lowest BCUT2D eigenvalue weighted by molar-refractivity contribution is -0.131. The van der Waals surface area contributed by atoms with Crippen LogP contribution in [0.3, 0.4) is 0 Å². The number of hydrogen-bond acceptors (Lipinski definition) is 2. The second kappa shape index (κ2) is 3.96. The molecule has 4 aliphatic carbocycles. The third-order valence-electron chi connectivity index (χ3n) is 5.67. The fourth-order valence-corrected chi connectivity index (χ4v) is 4.81. The molecule has 0 radical (unpaired) electrons. The molecule has 0 saturated heterocycles. The van der Waals surface area contributed by atoms with E-state index in [-0.39, 0.29) is 11.4 Å². The van der Waals surface area contributed by atoms with Gasteiger partial charge in [-0.1, -0.05) is 6.92 Å². The van der Waals surface area contributed by atoms with Gasteiger partial charge in [-0.2, -0.15) is 0 Å². The first-order valence-electron chi connectivity index (χ1n) is 7.54. The highest BCUT2D eigenvalue weighted by Gasteiger charge is 2.52. The molecule has 0 heterocycles. The number of amides is 1. The van der Waals surface area contributed by atoms with Gasteiger partial charge in [-0.05, 0) is 69.6 Å². The van der Waals surface area contributed by atoms with Crippen molar-refractivity contribution in [3.8, 4) is 0 Å². The van der Waals surface area contributed by atoms with Gasteiger partial charge in [0.05, 0.1) is 5.54 Å². The molecular weight excluding hydrogens is 224 g/mol. The Bertz CT molecular complexity index is 326. The summed E-state index contributed by atoms with van der Waals surface area (Å²) >= 11 is 0. The van der Waals surface area contributed by atoms with Crippen molar-refractivity contribution in [2.75, 3.05) is 0 Å². The summed E-state index contributed by atoms with van der Waals surface area (Å²) in [6.45, 7) is 3.84. The van der Waals surface area contributed by atoms with E-state index in [1.54, 1.807) is 0 Å². The first-order valence-corrected chi connectivity index (χ1v) is 7.54. The Hall–Kier alpha value is -0.570. The molecule has 3 nitrogen and oxygen atoms in total. The molecule has 1 amide bonds. The number of hydrogen-bond donors (Lipinski definition) is 2. The van der Waals surface area contributed by atoms with Gasteiger partial charge in [0.1, 0.15) is 0 Å². The number of rotatable bonds is 3. The minimum Gasteiger partial charge on any atom is -0.349 e. The van der Waals surface area contributed by atoms with E-state index in [1.165, 1.54) is 38.5 Å². The Labute approximate surface area is 110 Å². The summed E-state index contributed by atoms with van der Waals surface area (Å²) in [6.07, 6.45) is 8.51. The first kappa shape index (κ1) is 12.5. The van der Waals surface area contributed by atoms with Crippen molar-refractivity contribution in [2.24, 2.45) is 23.5 Å². The first-order chi connectivity index (χ1) is 8.42. The lowest BCUT2D eigenvalue weighted by atomic mass is 9.53. The standard InChI is InChI=1S/C15H26N2O/c1-3-14(2,16)13(18)17-15-7-10-4-11(8-15)6-12(5-10)9-15/h10-12H,3-9,16H2,1-2H3,(H,17,18). The maximum atomic E-state index is 12.3. The van der Waals surface area contributed by atoms with Gasteiger partial charge in [0, 0.05) is 5.54 Å². The molecule has 1 unspecified atom stereocenters. The molecule has 102 valence electrons. The van der Waals surface area contributed by atoms with E-state index < -0.39 is 5.54 Å². The summed E-state index contributed by atoms with van der Waals surface area (Å²) in [7, 11) is 0. The van der Waals surface area contributed by atoms with Crippen LogP contribution in [-0.4, -0.2) is 17.0 Å². The van der Waals surface area contributed by atoms with Gasteiger partial charge < -0.3 is 11.1 Å². The van der Waals surface area contributed by atoms with Gasteiger partial charge in [0.2, 0.25) is 5.91 Å². The molecule has 18 heavy (non-hydrogen) atoms. The molecule has 4 saturated carbocycles. The SMILES string of the molecule is CCC(C)(N)C(=O)NC12CC3CC(CC(C3)C1)C2. The average Bonchev–Trinajstić information content (AvgIpc) is 2.26. The Morgan fingerprint density at radius 2 is 1.67 bits per heavy atom. The Morgan fingerprint density at radius 1 is 1.22 bits per heavy atom. The fraction of sp³-hybridized carbons (Fsp3) is 0.933. The third kappa shape index (κ3) is 1.97. The summed E-state index contributed by atoms with van der Waals surface area (Å²) in [5.74, 6) is 2.65. The van der Waals surface area contributed by atoms with Crippen LogP contribution < -0.4 is 11.1 Å². The minimum atomic E-state index is -0.705. The molecule has 3 N–H and O–H groups in total. The number of nitrogens with two attached hydrogens (primary N) is 1. The lowest BCUT2D eigenvalue weighted by Gasteiger charge is -2.57. The predicted molar refractivity (Wildman–Crippen MR) is 71.9 cm³/mol. The molecule has 4 rings (SSSR count). The van der Waals surface area contributed by atoms with Gasteiger partial charge in [0.25, 0.3) is 0 Å². The second-order valence-corrected chi connectivity index (χ2v) is 7.42. The van der Waals surface area contributed by atoms with E-state index in [0.717, 1.165) is 17.8 Å². The van der Waals surface area contributed by atoms with Gasteiger partial charge in [-0.15, -0.1) is 0 Å². The van der Waals surface area contributed by atoms with Crippen molar-refractivity contribution in [2.45, 2.75) is 69.9 Å². The van der Waals surface area contributed by atoms with Crippen LogP contribution in [0.4, 0.5) is 0 Å².